The molecular formula is C21H20BrF3N2O2. The number of alkyl halides is 3. The maximum atomic E-state index is 12.9. The van der Waals surface area contributed by atoms with E-state index in [4.69, 9.17) is 0 Å². The molecule has 0 bridgehead atoms. The first-order valence-corrected chi connectivity index (χ1v) is 9.91. The molecule has 4 nitrogen and oxygen atoms in total. The highest BCUT2D eigenvalue weighted by Crippen LogP contribution is 2.30. The number of hydrogen-bond donors (Lipinski definition) is 1. The van der Waals surface area contributed by atoms with Gasteiger partial charge in [-0.2, -0.15) is 13.2 Å². The molecule has 0 spiro atoms. The molecule has 0 aromatic heterocycles. The van der Waals surface area contributed by atoms with Gasteiger partial charge >= 0.3 is 6.18 Å². The second-order valence-electron chi connectivity index (χ2n) is 7.29. The lowest BCUT2D eigenvalue weighted by atomic mass is 10.00. The van der Waals surface area contributed by atoms with Crippen LogP contribution in [-0.4, -0.2) is 35.3 Å². The average molecular weight is 469 g/mol. The molecule has 1 aliphatic heterocycles. The lowest BCUT2D eigenvalue weighted by Gasteiger charge is -2.25. The maximum absolute atomic E-state index is 12.9. The number of rotatable bonds is 5. The van der Waals surface area contributed by atoms with E-state index in [1.807, 2.05) is 0 Å². The highest BCUT2D eigenvalue weighted by Gasteiger charge is 2.43. The quantitative estimate of drug-likeness (QED) is 0.705. The Labute approximate surface area is 175 Å². The summed E-state index contributed by atoms with van der Waals surface area (Å²) in [6, 6.07) is 12.0. The summed E-state index contributed by atoms with van der Waals surface area (Å²) in [6.45, 7) is 2.41. The summed E-state index contributed by atoms with van der Waals surface area (Å²) < 4.78 is 39.3. The van der Waals surface area contributed by atoms with Crippen molar-refractivity contribution in [2.75, 3.05) is 13.1 Å². The molecule has 154 valence electrons. The first-order valence-electron chi connectivity index (χ1n) is 9.12. The Morgan fingerprint density at radius 2 is 1.93 bits per heavy atom. The van der Waals surface area contributed by atoms with Crippen molar-refractivity contribution in [1.82, 2.24) is 10.2 Å². The lowest BCUT2D eigenvalue weighted by molar-refractivity contribution is -0.137. The van der Waals surface area contributed by atoms with Gasteiger partial charge in [0, 0.05) is 23.1 Å². The first kappa shape index (κ1) is 21.4. The molecule has 1 aliphatic rings. The molecule has 2 aromatic rings. The molecule has 29 heavy (non-hydrogen) atoms. The van der Waals surface area contributed by atoms with Crippen LogP contribution < -0.4 is 5.32 Å². The van der Waals surface area contributed by atoms with E-state index < -0.39 is 17.3 Å². The Morgan fingerprint density at radius 3 is 2.62 bits per heavy atom. The highest BCUT2D eigenvalue weighted by molar-refractivity contribution is 9.10. The maximum Gasteiger partial charge on any atom is 0.416 e. The van der Waals surface area contributed by atoms with E-state index in [0.717, 1.165) is 16.6 Å². The number of carbonyl (C=O) groups is 2. The number of benzene rings is 2. The minimum absolute atomic E-state index is 0.229. The van der Waals surface area contributed by atoms with Gasteiger partial charge < -0.3 is 10.2 Å². The average Bonchev–Trinajstić information content (AvgIpc) is 2.94. The molecule has 2 amide bonds. The van der Waals surface area contributed by atoms with Gasteiger partial charge in [-0.3, -0.25) is 9.59 Å². The monoisotopic (exact) mass is 468 g/mol. The second-order valence-corrected chi connectivity index (χ2v) is 8.20. The molecule has 1 fully saturated rings. The summed E-state index contributed by atoms with van der Waals surface area (Å²) in [5.74, 6) is -0.574. The molecule has 2 aromatic carbocycles. The van der Waals surface area contributed by atoms with Crippen molar-refractivity contribution in [3.63, 3.8) is 0 Å². The number of likely N-dealkylation sites (tertiary alicyclic amines) is 1. The lowest BCUT2D eigenvalue weighted by Crippen LogP contribution is -2.52. The van der Waals surface area contributed by atoms with Crippen LogP contribution in [0.1, 0.15) is 34.8 Å². The molecule has 1 heterocycles. The van der Waals surface area contributed by atoms with Gasteiger partial charge in [-0.1, -0.05) is 40.2 Å². The third kappa shape index (κ3) is 4.98. The number of halogens is 4. The molecule has 0 radical (unpaired) electrons. The zero-order valence-corrected chi connectivity index (χ0v) is 17.3. The SMILES string of the molecule is CC1(NC(=O)c2cccc(Br)c2)CCN(CCc2cccc(C(F)(F)F)c2)C1=O. The summed E-state index contributed by atoms with van der Waals surface area (Å²) in [7, 11) is 0. The van der Waals surface area contributed by atoms with Gasteiger partial charge in [0.2, 0.25) is 5.91 Å². The van der Waals surface area contributed by atoms with E-state index >= 15 is 0 Å². The van der Waals surface area contributed by atoms with E-state index in [0.29, 0.717) is 37.1 Å². The van der Waals surface area contributed by atoms with Crippen LogP contribution in [0.5, 0.6) is 0 Å². The molecule has 8 heteroatoms. The predicted molar refractivity (Wildman–Crippen MR) is 106 cm³/mol. The van der Waals surface area contributed by atoms with Crippen molar-refractivity contribution in [2.45, 2.75) is 31.5 Å². The van der Waals surface area contributed by atoms with Gasteiger partial charge in [-0.25, -0.2) is 0 Å². The van der Waals surface area contributed by atoms with E-state index in [2.05, 4.69) is 21.2 Å². The smallest absolute Gasteiger partial charge is 0.340 e. The van der Waals surface area contributed by atoms with Crippen LogP contribution in [0.25, 0.3) is 0 Å². The van der Waals surface area contributed by atoms with Crippen molar-refractivity contribution >= 4 is 27.7 Å². The van der Waals surface area contributed by atoms with Crippen molar-refractivity contribution in [3.8, 4) is 0 Å². The van der Waals surface area contributed by atoms with Crippen molar-refractivity contribution in [2.24, 2.45) is 0 Å². The van der Waals surface area contributed by atoms with Gasteiger partial charge in [-0.05, 0) is 49.6 Å². The Kier molecular flexibility index (Phi) is 6.03. The van der Waals surface area contributed by atoms with E-state index in [-0.39, 0.29) is 11.8 Å². The fourth-order valence-electron chi connectivity index (χ4n) is 3.37. The molecule has 1 unspecified atom stereocenters. The number of amides is 2. The van der Waals surface area contributed by atoms with Crippen LogP contribution in [0.4, 0.5) is 13.2 Å². The predicted octanol–water partition coefficient (Wildman–Crippen LogP) is 4.43. The van der Waals surface area contributed by atoms with E-state index in [9.17, 15) is 22.8 Å². The molecular weight excluding hydrogens is 449 g/mol. The third-order valence-electron chi connectivity index (χ3n) is 5.04. The zero-order valence-electron chi connectivity index (χ0n) is 15.7. The van der Waals surface area contributed by atoms with Gasteiger partial charge in [0.1, 0.15) is 5.54 Å². The Morgan fingerprint density at radius 1 is 1.21 bits per heavy atom. The van der Waals surface area contributed by atoms with Crippen LogP contribution in [-0.2, 0) is 17.4 Å². The van der Waals surface area contributed by atoms with Crippen LogP contribution in [0.2, 0.25) is 0 Å². The largest absolute Gasteiger partial charge is 0.416 e. The topological polar surface area (TPSA) is 49.4 Å². The normalized spacial score (nSPS) is 19.5. The van der Waals surface area contributed by atoms with Gasteiger partial charge in [-0.15, -0.1) is 0 Å². The number of nitrogens with zero attached hydrogens (tertiary/aromatic N) is 1. The van der Waals surface area contributed by atoms with Crippen molar-refractivity contribution in [3.05, 3.63) is 69.7 Å². The summed E-state index contributed by atoms with van der Waals surface area (Å²) in [5, 5.41) is 2.81. The van der Waals surface area contributed by atoms with Crippen molar-refractivity contribution in [1.29, 1.82) is 0 Å². The summed E-state index contributed by atoms with van der Waals surface area (Å²) in [4.78, 5) is 26.9. The van der Waals surface area contributed by atoms with E-state index in [1.165, 1.54) is 6.07 Å². The number of carbonyl (C=O) groups excluding carboxylic acids is 2. The Hall–Kier alpha value is -2.35. The summed E-state index contributed by atoms with van der Waals surface area (Å²) in [5.41, 5.74) is -0.781. The van der Waals surface area contributed by atoms with Gasteiger partial charge in [0.15, 0.2) is 0 Å². The van der Waals surface area contributed by atoms with Crippen LogP contribution >= 0.6 is 15.9 Å². The molecule has 1 atom stereocenters. The number of nitrogens with one attached hydrogen (secondary N) is 1. The second kappa shape index (κ2) is 8.18. The summed E-state index contributed by atoms with van der Waals surface area (Å²) in [6.07, 6.45) is -3.64. The molecule has 1 N–H and O–H groups in total. The third-order valence-corrected chi connectivity index (χ3v) is 5.54. The molecule has 0 aliphatic carbocycles. The molecule has 1 saturated heterocycles. The van der Waals surface area contributed by atoms with Crippen molar-refractivity contribution < 1.29 is 22.8 Å². The summed E-state index contributed by atoms with van der Waals surface area (Å²) >= 11 is 3.31. The molecule has 0 saturated carbocycles. The number of hydrogen-bond acceptors (Lipinski definition) is 2. The molecule has 3 rings (SSSR count). The van der Waals surface area contributed by atoms with Gasteiger partial charge in [0.05, 0.1) is 5.56 Å². The standard InChI is InChI=1S/C21H20BrF3N2O2/c1-20(26-18(28)15-5-3-7-17(22)13-15)9-11-27(19(20)29)10-8-14-4-2-6-16(12-14)21(23,24)25/h2-7,12-13H,8-11H2,1H3,(H,26,28). The highest BCUT2D eigenvalue weighted by atomic mass is 79.9. The van der Waals surface area contributed by atoms with Crippen LogP contribution in [0, 0.1) is 0 Å². The van der Waals surface area contributed by atoms with Crippen LogP contribution in [0.15, 0.2) is 53.0 Å². The van der Waals surface area contributed by atoms with Gasteiger partial charge in [0.25, 0.3) is 5.91 Å². The zero-order chi connectivity index (χ0) is 21.2. The Balaban J connectivity index is 1.63. The minimum Gasteiger partial charge on any atom is -0.340 e. The first-order chi connectivity index (χ1) is 13.6. The Bertz CT molecular complexity index is 932. The van der Waals surface area contributed by atoms with Crippen LogP contribution in [0.3, 0.4) is 0 Å². The minimum atomic E-state index is -4.39. The van der Waals surface area contributed by atoms with E-state index in [1.54, 1.807) is 42.2 Å². The fraction of sp³-hybridized carbons (Fsp3) is 0.333. The fourth-order valence-corrected chi connectivity index (χ4v) is 3.76.